The van der Waals surface area contributed by atoms with E-state index in [1.54, 1.807) is 6.20 Å². The van der Waals surface area contributed by atoms with Crippen molar-refractivity contribution in [3.05, 3.63) is 36.1 Å². The van der Waals surface area contributed by atoms with Gasteiger partial charge in [-0.25, -0.2) is 4.98 Å². The Kier molecular flexibility index (Phi) is 4.28. The zero-order valence-corrected chi connectivity index (χ0v) is 10.8. The van der Waals surface area contributed by atoms with E-state index in [2.05, 4.69) is 34.3 Å². The van der Waals surface area contributed by atoms with Crippen LogP contribution in [0.2, 0.25) is 0 Å². The summed E-state index contributed by atoms with van der Waals surface area (Å²) >= 11 is 0. The van der Waals surface area contributed by atoms with Crippen LogP contribution in [-0.4, -0.2) is 21.7 Å². The van der Waals surface area contributed by atoms with Crippen molar-refractivity contribution in [2.45, 2.75) is 32.6 Å². The number of nitrogens with one attached hydrogen (secondary N) is 1. The van der Waals surface area contributed by atoms with Crippen LogP contribution in [0.15, 0.2) is 28.9 Å². The van der Waals surface area contributed by atoms with Crippen LogP contribution in [-0.2, 0) is 6.42 Å². The molecule has 5 heteroatoms. The highest BCUT2D eigenvalue weighted by Crippen LogP contribution is 2.10. The molecule has 2 aromatic heterocycles. The Morgan fingerprint density at radius 2 is 2.22 bits per heavy atom. The average molecular weight is 246 g/mol. The second-order valence-electron chi connectivity index (χ2n) is 4.45. The summed E-state index contributed by atoms with van der Waals surface area (Å²) in [7, 11) is 0. The van der Waals surface area contributed by atoms with Gasteiger partial charge in [0.1, 0.15) is 5.82 Å². The maximum absolute atomic E-state index is 5.17. The van der Waals surface area contributed by atoms with Crippen molar-refractivity contribution in [3.8, 4) is 0 Å². The fourth-order valence-electron chi connectivity index (χ4n) is 1.53. The molecule has 2 rings (SSSR count). The zero-order valence-electron chi connectivity index (χ0n) is 10.8. The SMILES string of the molecule is CC(C)c1noc(CCCNc2ccccn2)n1. The number of hydrogen-bond donors (Lipinski definition) is 1. The summed E-state index contributed by atoms with van der Waals surface area (Å²) in [5.74, 6) is 2.70. The summed E-state index contributed by atoms with van der Waals surface area (Å²) < 4.78 is 5.17. The third-order valence-electron chi connectivity index (χ3n) is 2.54. The molecule has 0 atom stereocenters. The normalized spacial score (nSPS) is 10.8. The van der Waals surface area contributed by atoms with Crippen LogP contribution in [0.3, 0.4) is 0 Å². The third kappa shape index (κ3) is 3.55. The molecular weight excluding hydrogens is 228 g/mol. The lowest BCUT2D eigenvalue weighted by Crippen LogP contribution is -2.04. The number of nitrogens with zero attached hydrogens (tertiary/aromatic N) is 3. The Balaban J connectivity index is 1.72. The monoisotopic (exact) mass is 246 g/mol. The molecule has 0 aliphatic carbocycles. The largest absolute Gasteiger partial charge is 0.370 e. The Bertz CT molecular complexity index is 467. The molecule has 1 N–H and O–H groups in total. The molecule has 5 nitrogen and oxygen atoms in total. The molecule has 0 saturated carbocycles. The number of aromatic nitrogens is 3. The minimum Gasteiger partial charge on any atom is -0.370 e. The van der Waals surface area contributed by atoms with E-state index in [9.17, 15) is 0 Å². The minimum atomic E-state index is 0.314. The van der Waals surface area contributed by atoms with Gasteiger partial charge in [0.25, 0.3) is 0 Å². The van der Waals surface area contributed by atoms with Crippen molar-refractivity contribution in [2.24, 2.45) is 0 Å². The second-order valence-corrected chi connectivity index (χ2v) is 4.45. The van der Waals surface area contributed by atoms with Crippen LogP contribution < -0.4 is 5.32 Å². The Hall–Kier alpha value is -1.91. The smallest absolute Gasteiger partial charge is 0.226 e. The summed E-state index contributed by atoms with van der Waals surface area (Å²) in [6, 6.07) is 5.81. The molecule has 0 amide bonds. The number of aryl methyl sites for hydroxylation is 1. The van der Waals surface area contributed by atoms with Crippen LogP contribution >= 0.6 is 0 Å². The van der Waals surface area contributed by atoms with Crippen molar-refractivity contribution in [2.75, 3.05) is 11.9 Å². The molecular formula is C13H18N4O. The highest BCUT2D eigenvalue weighted by Gasteiger charge is 2.08. The van der Waals surface area contributed by atoms with Crippen LogP contribution in [0, 0.1) is 0 Å². The molecule has 0 aliphatic rings. The maximum atomic E-state index is 5.17. The van der Waals surface area contributed by atoms with Gasteiger partial charge in [-0.15, -0.1) is 0 Å². The Morgan fingerprint density at radius 1 is 1.33 bits per heavy atom. The first-order valence-corrected chi connectivity index (χ1v) is 6.23. The van der Waals surface area contributed by atoms with Gasteiger partial charge in [0, 0.05) is 25.1 Å². The lowest BCUT2D eigenvalue weighted by Gasteiger charge is -2.02. The lowest BCUT2D eigenvalue weighted by atomic mass is 10.2. The first-order chi connectivity index (χ1) is 8.75. The summed E-state index contributed by atoms with van der Waals surface area (Å²) in [6.07, 6.45) is 3.51. The summed E-state index contributed by atoms with van der Waals surface area (Å²) in [6.45, 7) is 4.95. The zero-order chi connectivity index (χ0) is 12.8. The van der Waals surface area contributed by atoms with Crippen molar-refractivity contribution in [3.63, 3.8) is 0 Å². The van der Waals surface area contributed by atoms with Gasteiger partial charge < -0.3 is 9.84 Å². The second kappa shape index (κ2) is 6.14. The average Bonchev–Trinajstić information content (AvgIpc) is 2.85. The van der Waals surface area contributed by atoms with E-state index in [4.69, 9.17) is 4.52 Å². The van der Waals surface area contributed by atoms with Gasteiger partial charge >= 0.3 is 0 Å². The molecule has 0 radical (unpaired) electrons. The molecule has 0 aliphatic heterocycles. The summed E-state index contributed by atoms with van der Waals surface area (Å²) in [5, 5.41) is 7.18. The fourth-order valence-corrected chi connectivity index (χ4v) is 1.53. The molecule has 2 aromatic rings. The molecule has 18 heavy (non-hydrogen) atoms. The molecule has 0 aromatic carbocycles. The Morgan fingerprint density at radius 3 is 2.89 bits per heavy atom. The molecule has 0 spiro atoms. The number of rotatable bonds is 6. The van der Waals surface area contributed by atoms with E-state index >= 15 is 0 Å². The highest BCUT2D eigenvalue weighted by molar-refractivity contribution is 5.32. The molecule has 0 saturated heterocycles. The summed E-state index contributed by atoms with van der Waals surface area (Å²) in [5.41, 5.74) is 0. The third-order valence-corrected chi connectivity index (χ3v) is 2.54. The standard InChI is InChI=1S/C13H18N4O/c1-10(2)13-16-12(18-17-13)7-5-9-15-11-6-3-4-8-14-11/h3-4,6,8,10H,5,7,9H2,1-2H3,(H,14,15). The fraction of sp³-hybridized carbons (Fsp3) is 0.462. The molecule has 96 valence electrons. The predicted octanol–water partition coefficient (Wildman–Crippen LogP) is 2.63. The predicted molar refractivity (Wildman–Crippen MR) is 69.4 cm³/mol. The first kappa shape index (κ1) is 12.5. The molecule has 0 fully saturated rings. The van der Waals surface area contributed by atoms with Crippen LogP contribution in [0.4, 0.5) is 5.82 Å². The molecule has 0 bridgehead atoms. The van der Waals surface area contributed by atoms with Crippen molar-refractivity contribution in [1.82, 2.24) is 15.1 Å². The lowest BCUT2D eigenvalue weighted by molar-refractivity contribution is 0.369. The molecule has 0 unspecified atom stereocenters. The summed E-state index contributed by atoms with van der Waals surface area (Å²) in [4.78, 5) is 8.52. The van der Waals surface area contributed by atoms with Gasteiger partial charge in [0.15, 0.2) is 5.82 Å². The topological polar surface area (TPSA) is 63.8 Å². The van der Waals surface area contributed by atoms with E-state index in [1.165, 1.54) is 0 Å². The minimum absolute atomic E-state index is 0.314. The van der Waals surface area contributed by atoms with E-state index in [1.807, 2.05) is 18.2 Å². The van der Waals surface area contributed by atoms with Gasteiger partial charge in [-0.3, -0.25) is 0 Å². The maximum Gasteiger partial charge on any atom is 0.226 e. The van der Waals surface area contributed by atoms with Gasteiger partial charge in [-0.1, -0.05) is 25.1 Å². The van der Waals surface area contributed by atoms with Crippen LogP contribution in [0.25, 0.3) is 0 Å². The number of pyridine rings is 1. The van der Waals surface area contributed by atoms with Gasteiger partial charge in [0.2, 0.25) is 5.89 Å². The first-order valence-electron chi connectivity index (χ1n) is 6.23. The van der Waals surface area contributed by atoms with E-state index in [-0.39, 0.29) is 0 Å². The quantitative estimate of drug-likeness (QED) is 0.794. The van der Waals surface area contributed by atoms with Crippen molar-refractivity contribution < 1.29 is 4.52 Å². The number of anilines is 1. The van der Waals surface area contributed by atoms with E-state index in [0.717, 1.165) is 31.0 Å². The van der Waals surface area contributed by atoms with Crippen LogP contribution in [0.1, 0.15) is 37.9 Å². The van der Waals surface area contributed by atoms with Gasteiger partial charge in [-0.05, 0) is 18.6 Å². The van der Waals surface area contributed by atoms with Crippen molar-refractivity contribution >= 4 is 5.82 Å². The van der Waals surface area contributed by atoms with Crippen LogP contribution in [0.5, 0.6) is 0 Å². The molecule has 2 heterocycles. The Labute approximate surface area is 107 Å². The van der Waals surface area contributed by atoms with Crippen molar-refractivity contribution in [1.29, 1.82) is 0 Å². The van der Waals surface area contributed by atoms with E-state index < -0.39 is 0 Å². The van der Waals surface area contributed by atoms with Gasteiger partial charge in [-0.2, -0.15) is 4.98 Å². The number of hydrogen-bond acceptors (Lipinski definition) is 5. The highest BCUT2D eigenvalue weighted by atomic mass is 16.5. The van der Waals surface area contributed by atoms with E-state index in [0.29, 0.717) is 11.8 Å². The van der Waals surface area contributed by atoms with Gasteiger partial charge in [0.05, 0.1) is 0 Å².